The molecule has 0 fully saturated rings. The van der Waals surface area contributed by atoms with Gasteiger partial charge < -0.3 is 0 Å². The van der Waals surface area contributed by atoms with Crippen molar-refractivity contribution in [3.05, 3.63) is 53.6 Å². The molecule has 0 amide bonds. The Kier molecular flexibility index (Phi) is 5.25. The maximum atomic E-state index is 13.5. The summed E-state index contributed by atoms with van der Waals surface area (Å²) < 4.78 is 50.6. The molecule has 0 spiro atoms. The van der Waals surface area contributed by atoms with Gasteiger partial charge in [0.05, 0.1) is 11.8 Å². The van der Waals surface area contributed by atoms with E-state index in [9.17, 15) is 17.6 Å². The Balaban J connectivity index is 0.000000956. The first-order valence-corrected chi connectivity index (χ1v) is 6.18. The summed E-state index contributed by atoms with van der Waals surface area (Å²) in [5.74, 6) is -0.555. The number of hydrogen-bond acceptors (Lipinski definition) is 1. The third kappa shape index (κ3) is 3.79. The number of aryl methyl sites for hydroxylation is 1. The lowest BCUT2D eigenvalue weighted by atomic mass is 10.0. The van der Waals surface area contributed by atoms with Gasteiger partial charge in [-0.15, -0.1) is 0 Å². The van der Waals surface area contributed by atoms with E-state index in [0.29, 0.717) is 11.3 Å². The number of benzene rings is 1. The maximum Gasteiger partial charge on any atom is 0.416 e. The lowest BCUT2D eigenvalue weighted by Gasteiger charge is -2.08. The molecule has 0 N–H and O–H groups in total. The number of hydrogen-bond donors (Lipinski definition) is 0. The molecular weight excluding hydrogens is 270 g/mol. The summed E-state index contributed by atoms with van der Waals surface area (Å²) in [5, 5.41) is 0. The summed E-state index contributed by atoms with van der Waals surface area (Å²) in [4.78, 5) is 3.77. The van der Waals surface area contributed by atoms with Gasteiger partial charge in [-0.3, -0.25) is 4.98 Å². The van der Waals surface area contributed by atoms with Crippen LogP contribution in [0.5, 0.6) is 0 Å². The van der Waals surface area contributed by atoms with Crippen LogP contribution in [0.1, 0.15) is 25.1 Å². The second-order valence-corrected chi connectivity index (χ2v) is 3.88. The van der Waals surface area contributed by atoms with Gasteiger partial charge in [-0.05, 0) is 30.7 Å². The van der Waals surface area contributed by atoms with Crippen LogP contribution in [0.25, 0.3) is 11.1 Å². The highest BCUT2D eigenvalue weighted by molar-refractivity contribution is 5.64. The molecule has 0 saturated carbocycles. The average Bonchev–Trinajstić information content (AvgIpc) is 2.43. The van der Waals surface area contributed by atoms with Gasteiger partial charge in [0.2, 0.25) is 0 Å². The third-order valence-corrected chi connectivity index (χ3v) is 2.52. The number of aromatic nitrogens is 1. The summed E-state index contributed by atoms with van der Waals surface area (Å²) in [5.41, 5.74) is 0.492. The van der Waals surface area contributed by atoms with Gasteiger partial charge in [0.25, 0.3) is 0 Å². The predicted molar refractivity (Wildman–Crippen MR) is 70.7 cm³/mol. The van der Waals surface area contributed by atoms with Crippen LogP contribution in [0.4, 0.5) is 17.6 Å². The van der Waals surface area contributed by atoms with Crippen LogP contribution in [0.3, 0.4) is 0 Å². The first kappa shape index (κ1) is 16.1. The quantitative estimate of drug-likeness (QED) is 0.653. The highest BCUT2D eigenvalue weighted by Crippen LogP contribution is 2.31. The lowest BCUT2D eigenvalue weighted by molar-refractivity contribution is -0.137. The van der Waals surface area contributed by atoms with Crippen LogP contribution < -0.4 is 0 Å². The topological polar surface area (TPSA) is 12.9 Å². The molecule has 2 aromatic rings. The monoisotopic (exact) mass is 285 g/mol. The molecule has 0 unspecified atom stereocenters. The molecule has 108 valence electrons. The van der Waals surface area contributed by atoms with Gasteiger partial charge in [-0.1, -0.05) is 26.0 Å². The Labute approximate surface area is 115 Å². The lowest BCUT2D eigenvalue weighted by Crippen LogP contribution is -2.04. The first-order valence-electron chi connectivity index (χ1n) is 6.18. The fourth-order valence-electron chi connectivity index (χ4n) is 1.60. The Morgan fingerprint density at radius 3 is 2.05 bits per heavy atom. The number of nitrogens with zero attached hydrogens (tertiary/aromatic N) is 1. The number of rotatable bonds is 1. The Hall–Kier alpha value is -1.91. The van der Waals surface area contributed by atoms with Gasteiger partial charge >= 0.3 is 6.18 Å². The van der Waals surface area contributed by atoms with Crippen LogP contribution in [-0.4, -0.2) is 4.98 Å². The molecule has 2 rings (SSSR count). The van der Waals surface area contributed by atoms with E-state index < -0.39 is 17.6 Å². The average molecular weight is 285 g/mol. The minimum atomic E-state index is -4.38. The van der Waals surface area contributed by atoms with Gasteiger partial charge in [0.15, 0.2) is 0 Å². The van der Waals surface area contributed by atoms with Gasteiger partial charge in [0.1, 0.15) is 5.82 Å². The molecule has 0 aliphatic heterocycles. The zero-order valence-electron chi connectivity index (χ0n) is 11.4. The second-order valence-electron chi connectivity index (χ2n) is 3.88. The van der Waals surface area contributed by atoms with Crippen molar-refractivity contribution in [2.45, 2.75) is 26.9 Å². The Morgan fingerprint density at radius 2 is 1.55 bits per heavy atom. The summed E-state index contributed by atoms with van der Waals surface area (Å²) >= 11 is 0. The molecule has 0 radical (unpaired) electrons. The zero-order valence-corrected chi connectivity index (χ0v) is 11.4. The largest absolute Gasteiger partial charge is 0.416 e. The number of pyridine rings is 1. The van der Waals surface area contributed by atoms with E-state index in [0.717, 1.165) is 18.3 Å². The Bertz CT molecular complexity index is 559. The van der Waals surface area contributed by atoms with E-state index in [-0.39, 0.29) is 5.56 Å². The predicted octanol–water partition coefficient (Wildman–Crippen LogP) is 5.24. The van der Waals surface area contributed by atoms with Crippen LogP contribution in [-0.2, 0) is 6.18 Å². The maximum absolute atomic E-state index is 13.5. The Morgan fingerprint density at radius 1 is 1.00 bits per heavy atom. The van der Waals surface area contributed by atoms with Crippen molar-refractivity contribution in [1.82, 2.24) is 4.98 Å². The van der Waals surface area contributed by atoms with Crippen molar-refractivity contribution in [3.8, 4) is 11.1 Å². The molecule has 1 heterocycles. The van der Waals surface area contributed by atoms with Gasteiger partial charge in [-0.25, -0.2) is 4.39 Å². The van der Waals surface area contributed by atoms with Crippen LogP contribution in [0, 0.1) is 12.7 Å². The molecular formula is C15H15F4N. The van der Waals surface area contributed by atoms with E-state index in [2.05, 4.69) is 4.98 Å². The SMILES string of the molecule is CC.Cc1cc(-c2ccc(C(F)(F)F)cc2)c(F)cn1. The summed E-state index contributed by atoms with van der Waals surface area (Å²) in [6, 6.07) is 5.87. The third-order valence-electron chi connectivity index (χ3n) is 2.52. The standard InChI is InChI=1S/C13H9F4N.C2H6/c1-8-6-11(12(14)7-18-8)9-2-4-10(5-3-9)13(15,16)17;1-2/h2-7H,1H3;1-2H3. The van der Waals surface area contributed by atoms with Gasteiger partial charge in [0, 0.05) is 11.3 Å². The van der Waals surface area contributed by atoms with Crippen LogP contribution >= 0.6 is 0 Å². The van der Waals surface area contributed by atoms with E-state index in [1.807, 2.05) is 13.8 Å². The molecule has 0 aliphatic carbocycles. The summed E-state index contributed by atoms with van der Waals surface area (Å²) in [6.07, 6.45) is -3.33. The molecule has 20 heavy (non-hydrogen) atoms. The number of halogens is 4. The normalized spacial score (nSPS) is 10.8. The second kappa shape index (κ2) is 6.50. The van der Waals surface area contributed by atoms with Crippen molar-refractivity contribution in [2.75, 3.05) is 0 Å². The van der Waals surface area contributed by atoms with Crippen molar-refractivity contribution >= 4 is 0 Å². The van der Waals surface area contributed by atoms with E-state index in [1.54, 1.807) is 6.92 Å². The minimum Gasteiger partial charge on any atom is -0.259 e. The highest BCUT2D eigenvalue weighted by Gasteiger charge is 2.30. The van der Waals surface area contributed by atoms with Crippen molar-refractivity contribution in [2.24, 2.45) is 0 Å². The molecule has 0 bridgehead atoms. The summed E-state index contributed by atoms with van der Waals surface area (Å²) in [7, 11) is 0. The molecule has 1 nitrogen and oxygen atoms in total. The fraction of sp³-hybridized carbons (Fsp3) is 0.267. The van der Waals surface area contributed by atoms with E-state index in [1.165, 1.54) is 18.2 Å². The molecule has 1 aromatic heterocycles. The molecule has 5 heteroatoms. The zero-order chi connectivity index (χ0) is 15.3. The summed E-state index contributed by atoms with van der Waals surface area (Å²) in [6.45, 7) is 5.69. The molecule has 0 atom stereocenters. The van der Waals surface area contributed by atoms with Crippen molar-refractivity contribution in [3.63, 3.8) is 0 Å². The molecule has 1 aromatic carbocycles. The van der Waals surface area contributed by atoms with Crippen molar-refractivity contribution in [1.29, 1.82) is 0 Å². The minimum absolute atomic E-state index is 0.247. The number of alkyl halides is 3. The fourth-order valence-corrected chi connectivity index (χ4v) is 1.60. The van der Waals surface area contributed by atoms with Crippen LogP contribution in [0.15, 0.2) is 36.5 Å². The van der Waals surface area contributed by atoms with Gasteiger partial charge in [-0.2, -0.15) is 13.2 Å². The molecule has 0 saturated heterocycles. The van der Waals surface area contributed by atoms with E-state index >= 15 is 0 Å². The van der Waals surface area contributed by atoms with Crippen LogP contribution in [0.2, 0.25) is 0 Å². The highest BCUT2D eigenvalue weighted by atomic mass is 19.4. The first-order chi connectivity index (χ1) is 9.38. The molecule has 0 aliphatic rings. The van der Waals surface area contributed by atoms with Crippen molar-refractivity contribution < 1.29 is 17.6 Å². The van der Waals surface area contributed by atoms with E-state index in [4.69, 9.17) is 0 Å². The smallest absolute Gasteiger partial charge is 0.259 e.